The highest BCUT2D eigenvalue weighted by molar-refractivity contribution is 7.92. The lowest BCUT2D eigenvalue weighted by Crippen LogP contribution is -2.54. The van der Waals surface area contributed by atoms with E-state index < -0.39 is 20.1 Å². The van der Waals surface area contributed by atoms with Crippen LogP contribution in [0.4, 0.5) is 5.69 Å². The minimum atomic E-state index is -3.67. The third kappa shape index (κ3) is 6.99. The third-order valence-electron chi connectivity index (χ3n) is 6.63. The SMILES string of the molecule is COC(=O)Cc1ccc(OCc2ccc([N+](=O)[O-])cc2)c(CN2CCNCC2S(=O)(=O)c2ccc(C)cc2)c1. The van der Waals surface area contributed by atoms with Gasteiger partial charge in [0.2, 0.25) is 0 Å². The quantitative estimate of drug-likeness (QED) is 0.228. The summed E-state index contributed by atoms with van der Waals surface area (Å²) < 4.78 is 38.1. The molecule has 0 bridgehead atoms. The number of hydrogen-bond donors (Lipinski definition) is 1. The number of methoxy groups -OCH3 is 1. The number of rotatable bonds is 10. The molecule has 3 aromatic carbocycles. The van der Waals surface area contributed by atoms with E-state index in [1.165, 1.54) is 19.2 Å². The van der Waals surface area contributed by atoms with Gasteiger partial charge in [-0.2, -0.15) is 0 Å². The van der Waals surface area contributed by atoms with Gasteiger partial charge in [0, 0.05) is 43.9 Å². The molecule has 0 amide bonds. The zero-order valence-corrected chi connectivity index (χ0v) is 22.6. The fourth-order valence-electron chi connectivity index (χ4n) is 4.43. The summed E-state index contributed by atoms with van der Waals surface area (Å²) in [6.07, 6.45) is 0.0682. The first kappa shape index (κ1) is 28.2. The van der Waals surface area contributed by atoms with Gasteiger partial charge in [-0.1, -0.05) is 29.8 Å². The van der Waals surface area contributed by atoms with Gasteiger partial charge in [0.1, 0.15) is 17.7 Å². The molecular weight excluding hydrogens is 522 g/mol. The molecule has 1 aliphatic heterocycles. The number of carbonyl (C=O) groups is 1. The second-order valence-corrected chi connectivity index (χ2v) is 11.5. The number of nitro groups is 1. The van der Waals surface area contributed by atoms with E-state index in [9.17, 15) is 23.3 Å². The van der Waals surface area contributed by atoms with Crippen molar-refractivity contribution < 1.29 is 27.6 Å². The van der Waals surface area contributed by atoms with Gasteiger partial charge >= 0.3 is 5.97 Å². The number of nitrogens with one attached hydrogen (secondary N) is 1. The zero-order valence-electron chi connectivity index (χ0n) is 21.8. The van der Waals surface area contributed by atoms with E-state index in [2.05, 4.69) is 5.32 Å². The number of sulfone groups is 1. The Hall–Kier alpha value is -3.80. The predicted molar refractivity (Wildman–Crippen MR) is 145 cm³/mol. The normalized spacial score (nSPS) is 16.0. The molecule has 0 aliphatic carbocycles. The van der Waals surface area contributed by atoms with Gasteiger partial charge in [-0.15, -0.1) is 0 Å². The van der Waals surface area contributed by atoms with Crippen LogP contribution in [0.1, 0.15) is 22.3 Å². The molecule has 0 radical (unpaired) electrons. The van der Waals surface area contributed by atoms with E-state index in [1.54, 1.807) is 48.5 Å². The van der Waals surface area contributed by atoms with Crippen molar-refractivity contribution in [3.05, 3.63) is 99.1 Å². The van der Waals surface area contributed by atoms with E-state index >= 15 is 0 Å². The highest BCUT2D eigenvalue weighted by Crippen LogP contribution is 2.28. The number of nitro benzene ring substituents is 1. The van der Waals surface area contributed by atoms with Crippen molar-refractivity contribution in [2.75, 3.05) is 26.7 Å². The summed E-state index contributed by atoms with van der Waals surface area (Å²) in [6.45, 7) is 3.75. The van der Waals surface area contributed by atoms with Gasteiger partial charge in [0.25, 0.3) is 5.69 Å². The molecule has 1 heterocycles. The van der Waals surface area contributed by atoms with Crippen LogP contribution in [-0.4, -0.2) is 56.3 Å². The van der Waals surface area contributed by atoms with Crippen molar-refractivity contribution >= 4 is 21.5 Å². The number of carbonyl (C=O) groups excluding carboxylic acids is 1. The van der Waals surface area contributed by atoms with Crippen molar-refractivity contribution in [2.24, 2.45) is 0 Å². The number of non-ortho nitro benzene ring substituents is 1. The Bertz CT molecular complexity index is 1420. The molecule has 1 N–H and O–H groups in total. The number of aryl methyl sites for hydroxylation is 1. The second-order valence-electron chi connectivity index (χ2n) is 9.39. The molecule has 1 aliphatic rings. The average molecular weight is 554 g/mol. The van der Waals surface area contributed by atoms with E-state index in [0.717, 1.165) is 16.7 Å². The molecule has 3 aromatic rings. The molecule has 0 saturated carbocycles. The number of piperazine rings is 1. The third-order valence-corrected chi connectivity index (χ3v) is 8.74. The first-order valence-electron chi connectivity index (χ1n) is 12.5. The van der Waals surface area contributed by atoms with Gasteiger partial charge in [-0.25, -0.2) is 8.42 Å². The maximum Gasteiger partial charge on any atom is 0.309 e. The van der Waals surface area contributed by atoms with E-state index in [4.69, 9.17) is 9.47 Å². The topological polar surface area (TPSA) is 128 Å². The van der Waals surface area contributed by atoms with Crippen LogP contribution in [0.5, 0.6) is 5.75 Å². The van der Waals surface area contributed by atoms with Crippen LogP contribution in [0.25, 0.3) is 0 Å². The van der Waals surface area contributed by atoms with Crippen molar-refractivity contribution in [3.63, 3.8) is 0 Å². The van der Waals surface area contributed by atoms with Gasteiger partial charge in [0.05, 0.1) is 23.3 Å². The van der Waals surface area contributed by atoms with Crippen LogP contribution in [0.15, 0.2) is 71.6 Å². The van der Waals surface area contributed by atoms with Crippen molar-refractivity contribution in [1.82, 2.24) is 10.2 Å². The van der Waals surface area contributed by atoms with Crippen LogP contribution in [0, 0.1) is 17.0 Å². The Labute approximate surface area is 227 Å². The fraction of sp³-hybridized carbons (Fsp3) is 0.321. The molecular formula is C28H31N3O7S. The minimum absolute atomic E-state index is 0.00821. The van der Waals surface area contributed by atoms with Gasteiger partial charge in [0.15, 0.2) is 9.84 Å². The average Bonchev–Trinajstić information content (AvgIpc) is 2.93. The Balaban J connectivity index is 1.60. The maximum absolute atomic E-state index is 13.6. The molecule has 4 rings (SSSR count). The summed E-state index contributed by atoms with van der Waals surface area (Å²) in [6, 6.07) is 18.3. The van der Waals surface area contributed by atoms with E-state index in [0.29, 0.717) is 24.4 Å². The van der Waals surface area contributed by atoms with Crippen LogP contribution < -0.4 is 10.1 Å². The lowest BCUT2D eigenvalue weighted by atomic mass is 10.1. The van der Waals surface area contributed by atoms with Gasteiger partial charge in [-0.05, 0) is 48.4 Å². The monoisotopic (exact) mass is 553 g/mol. The number of esters is 1. The summed E-state index contributed by atoms with van der Waals surface area (Å²) in [5, 5.41) is 13.4. The number of hydrogen-bond acceptors (Lipinski definition) is 9. The largest absolute Gasteiger partial charge is 0.489 e. The highest BCUT2D eigenvalue weighted by atomic mass is 32.2. The zero-order chi connectivity index (χ0) is 28.0. The van der Waals surface area contributed by atoms with E-state index in [-0.39, 0.29) is 42.7 Å². The number of nitrogens with zero attached hydrogens (tertiary/aromatic N) is 2. The molecule has 10 nitrogen and oxygen atoms in total. The molecule has 1 unspecified atom stereocenters. The lowest BCUT2D eigenvalue weighted by Gasteiger charge is -2.36. The molecule has 0 aromatic heterocycles. The molecule has 1 fully saturated rings. The fourth-order valence-corrected chi connectivity index (χ4v) is 6.17. The number of benzene rings is 3. The summed E-state index contributed by atoms with van der Waals surface area (Å²) in [7, 11) is -2.34. The smallest absolute Gasteiger partial charge is 0.309 e. The highest BCUT2D eigenvalue weighted by Gasteiger charge is 2.35. The Kier molecular flexibility index (Phi) is 8.95. The molecule has 0 spiro atoms. The second kappa shape index (κ2) is 12.4. The van der Waals surface area contributed by atoms with Gasteiger partial charge in [-0.3, -0.25) is 19.8 Å². The van der Waals surface area contributed by atoms with Crippen LogP contribution >= 0.6 is 0 Å². The first-order chi connectivity index (χ1) is 18.7. The van der Waals surface area contributed by atoms with Crippen molar-refractivity contribution in [3.8, 4) is 5.75 Å². The molecule has 11 heteroatoms. The van der Waals surface area contributed by atoms with Crippen molar-refractivity contribution in [2.45, 2.75) is 36.8 Å². The first-order valence-corrected chi connectivity index (χ1v) is 14.0. The molecule has 206 valence electrons. The maximum atomic E-state index is 13.6. The van der Waals surface area contributed by atoms with Crippen LogP contribution in [0.3, 0.4) is 0 Å². The standard InChI is InChI=1S/C28H31N3O7S/c1-20-3-10-25(11-4-20)39(35,36)27-17-29-13-14-30(27)18-23-15-22(16-28(32)37-2)7-12-26(23)38-19-21-5-8-24(9-6-21)31(33)34/h3-12,15,27,29H,13-14,16-19H2,1-2H3. The van der Waals surface area contributed by atoms with E-state index in [1.807, 2.05) is 17.9 Å². The lowest BCUT2D eigenvalue weighted by molar-refractivity contribution is -0.384. The Morgan fingerprint density at radius 2 is 1.77 bits per heavy atom. The Morgan fingerprint density at radius 1 is 1.08 bits per heavy atom. The molecule has 39 heavy (non-hydrogen) atoms. The van der Waals surface area contributed by atoms with Gasteiger partial charge < -0.3 is 14.8 Å². The summed E-state index contributed by atoms with van der Waals surface area (Å²) in [5.74, 6) is 0.148. The molecule has 1 atom stereocenters. The molecule has 1 saturated heterocycles. The summed E-state index contributed by atoms with van der Waals surface area (Å²) in [5.41, 5.74) is 3.15. The van der Waals surface area contributed by atoms with Crippen LogP contribution in [0.2, 0.25) is 0 Å². The predicted octanol–water partition coefficient (Wildman–Crippen LogP) is 3.40. The Morgan fingerprint density at radius 3 is 2.44 bits per heavy atom. The summed E-state index contributed by atoms with van der Waals surface area (Å²) >= 11 is 0. The summed E-state index contributed by atoms with van der Waals surface area (Å²) in [4.78, 5) is 24.6. The van der Waals surface area contributed by atoms with Crippen LogP contribution in [-0.2, 0) is 38.9 Å². The number of ether oxygens (including phenoxy) is 2. The minimum Gasteiger partial charge on any atom is -0.489 e. The van der Waals surface area contributed by atoms with Crippen molar-refractivity contribution in [1.29, 1.82) is 0 Å².